The van der Waals surface area contributed by atoms with Crippen LogP contribution < -0.4 is 11.1 Å². The number of nitrogens with two attached hydrogens (primary N) is 1. The van der Waals surface area contributed by atoms with E-state index < -0.39 is 0 Å². The Hall–Kier alpha value is -1.39. The average molecular weight is 273 g/mol. The number of hydrogen-bond donors (Lipinski definition) is 2. The van der Waals surface area contributed by atoms with Crippen LogP contribution >= 0.6 is 0 Å². The molecule has 1 heterocycles. The maximum atomic E-state index is 5.63. The molecule has 5 heteroatoms. The molecule has 0 radical (unpaired) electrons. The third-order valence-electron chi connectivity index (χ3n) is 5.82. The summed E-state index contributed by atoms with van der Waals surface area (Å²) in [4.78, 5) is 12.2. The zero-order valence-electron chi connectivity index (χ0n) is 12.0. The van der Waals surface area contributed by atoms with Crippen LogP contribution in [-0.4, -0.2) is 21.0 Å². The third kappa shape index (κ3) is 2.03. The second kappa shape index (κ2) is 4.57. The Morgan fingerprint density at radius 2 is 1.75 bits per heavy atom. The molecule has 0 aliphatic heterocycles. The molecule has 4 saturated carbocycles. The molecule has 1 aromatic rings. The number of anilines is 2. The highest BCUT2D eigenvalue weighted by Gasteiger charge is 2.49. The molecule has 4 fully saturated rings. The lowest BCUT2D eigenvalue weighted by molar-refractivity contribution is -0.0418. The largest absolute Gasteiger partial charge is 0.368 e. The highest BCUT2D eigenvalue weighted by atomic mass is 15.2. The minimum Gasteiger partial charge on any atom is -0.368 e. The van der Waals surface area contributed by atoms with E-state index in [9.17, 15) is 0 Å². The Morgan fingerprint density at radius 3 is 2.35 bits per heavy atom. The summed E-state index contributed by atoms with van der Waals surface area (Å²) >= 11 is 0. The molecular weight excluding hydrogens is 250 g/mol. The van der Waals surface area contributed by atoms with Crippen LogP contribution in [0.1, 0.15) is 39.0 Å². The van der Waals surface area contributed by atoms with Crippen molar-refractivity contribution in [1.29, 1.82) is 0 Å². The van der Waals surface area contributed by atoms with Gasteiger partial charge in [-0.05, 0) is 68.6 Å². The van der Waals surface area contributed by atoms with Gasteiger partial charge in [0, 0.05) is 6.04 Å². The average Bonchev–Trinajstić information content (AvgIpc) is 2.37. The first-order valence-corrected chi connectivity index (χ1v) is 7.90. The molecule has 5 nitrogen and oxygen atoms in total. The van der Waals surface area contributed by atoms with Crippen molar-refractivity contribution in [2.24, 2.45) is 29.6 Å². The number of nitrogen functional groups attached to an aromatic ring is 1. The van der Waals surface area contributed by atoms with Gasteiger partial charge in [0.05, 0.1) is 0 Å². The summed E-state index contributed by atoms with van der Waals surface area (Å²) in [6, 6.07) is 0.423. The molecule has 4 aliphatic rings. The predicted octanol–water partition coefficient (Wildman–Crippen LogP) is 2.33. The molecular formula is C15H23N5. The molecule has 1 atom stereocenters. The quantitative estimate of drug-likeness (QED) is 0.884. The maximum Gasteiger partial charge on any atom is 0.227 e. The normalized spacial score (nSPS) is 39.8. The summed E-state index contributed by atoms with van der Waals surface area (Å²) in [6.45, 7) is 2.28. The predicted molar refractivity (Wildman–Crippen MR) is 77.9 cm³/mol. The van der Waals surface area contributed by atoms with Gasteiger partial charge in [0.25, 0.3) is 0 Å². The molecule has 20 heavy (non-hydrogen) atoms. The Morgan fingerprint density at radius 1 is 1.10 bits per heavy atom. The van der Waals surface area contributed by atoms with Gasteiger partial charge in [-0.1, -0.05) is 0 Å². The van der Waals surface area contributed by atoms with Gasteiger partial charge < -0.3 is 11.1 Å². The number of nitrogens with one attached hydrogen (secondary N) is 1. The first kappa shape index (κ1) is 12.4. The molecule has 5 rings (SSSR count). The summed E-state index contributed by atoms with van der Waals surface area (Å²) in [5.41, 5.74) is 5.63. The molecule has 1 unspecified atom stereocenters. The van der Waals surface area contributed by atoms with E-state index in [1.807, 2.05) is 0 Å². The highest BCUT2D eigenvalue weighted by Crippen LogP contribution is 2.57. The molecule has 0 aromatic carbocycles. The van der Waals surface area contributed by atoms with Gasteiger partial charge in [-0.15, -0.1) is 0 Å². The van der Waals surface area contributed by atoms with Crippen LogP contribution in [0, 0.1) is 29.6 Å². The van der Waals surface area contributed by atoms with Gasteiger partial charge in [-0.3, -0.25) is 0 Å². The van der Waals surface area contributed by atoms with Crippen LogP contribution in [0.5, 0.6) is 0 Å². The van der Waals surface area contributed by atoms with Crippen LogP contribution in [-0.2, 0) is 0 Å². The highest BCUT2D eigenvalue weighted by molar-refractivity contribution is 5.30. The fourth-order valence-electron chi connectivity index (χ4n) is 5.46. The van der Waals surface area contributed by atoms with Crippen molar-refractivity contribution in [2.45, 2.75) is 45.1 Å². The van der Waals surface area contributed by atoms with E-state index in [0.717, 1.165) is 29.6 Å². The van der Waals surface area contributed by atoms with Crippen molar-refractivity contribution in [3.05, 3.63) is 6.33 Å². The lowest BCUT2D eigenvalue weighted by Crippen LogP contribution is -2.50. The number of rotatable bonds is 3. The number of aromatic nitrogens is 3. The first-order chi connectivity index (χ1) is 9.69. The van der Waals surface area contributed by atoms with Crippen LogP contribution in [0.4, 0.5) is 11.9 Å². The summed E-state index contributed by atoms with van der Waals surface area (Å²) < 4.78 is 0. The Balaban J connectivity index is 1.50. The van der Waals surface area contributed by atoms with Crippen molar-refractivity contribution in [3.8, 4) is 0 Å². The molecule has 1 aromatic heterocycles. The van der Waals surface area contributed by atoms with Gasteiger partial charge in [0.2, 0.25) is 11.9 Å². The SMILES string of the molecule is CC(Nc1ncnc(N)n1)C1C2CC3CC(C2)CC1C3. The second-order valence-electron chi connectivity index (χ2n) is 7.11. The van der Waals surface area contributed by atoms with Gasteiger partial charge in [0.15, 0.2) is 0 Å². The lowest BCUT2D eigenvalue weighted by atomic mass is 9.50. The monoisotopic (exact) mass is 273 g/mol. The van der Waals surface area contributed by atoms with Crippen molar-refractivity contribution in [3.63, 3.8) is 0 Å². The summed E-state index contributed by atoms with van der Waals surface area (Å²) in [5.74, 6) is 5.56. The second-order valence-corrected chi connectivity index (χ2v) is 7.11. The van der Waals surface area contributed by atoms with Crippen molar-refractivity contribution < 1.29 is 0 Å². The molecule has 4 aliphatic carbocycles. The van der Waals surface area contributed by atoms with E-state index in [-0.39, 0.29) is 0 Å². The first-order valence-electron chi connectivity index (χ1n) is 7.90. The van der Waals surface area contributed by atoms with Gasteiger partial charge in [-0.25, -0.2) is 9.97 Å². The van der Waals surface area contributed by atoms with Crippen molar-refractivity contribution >= 4 is 11.9 Å². The maximum absolute atomic E-state index is 5.63. The van der Waals surface area contributed by atoms with E-state index in [0.29, 0.717) is 17.9 Å². The Kier molecular flexibility index (Phi) is 2.82. The lowest BCUT2D eigenvalue weighted by Gasteiger charge is -2.56. The standard InChI is InChI=1S/C15H23N5/c1-8(19-15-18-7-17-14(16)20-15)13-11-3-9-2-10(5-11)6-12(13)4-9/h7-13H,2-6H2,1H3,(H3,16,17,18,19,20). The van der Waals surface area contributed by atoms with E-state index >= 15 is 0 Å². The minimum atomic E-state index is 0.291. The molecule has 3 N–H and O–H groups in total. The zero-order valence-corrected chi connectivity index (χ0v) is 12.0. The number of hydrogen-bond acceptors (Lipinski definition) is 5. The van der Waals surface area contributed by atoms with E-state index in [1.165, 1.54) is 38.4 Å². The Labute approximate surface area is 119 Å². The molecule has 0 saturated heterocycles. The molecule has 108 valence electrons. The van der Waals surface area contributed by atoms with Gasteiger partial charge in [-0.2, -0.15) is 4.98 Å². The van der Waals surface area contributed by atoms with Crippen LogP contribution in [0.15, 0.2) is 6.33 Å². The van der Waals surface area contributed by atoms with E-state index in [1.54, 1.807) is 0 Å². The van der Waals surface area contributed by atoms with Gasteiger partial charge >= 0.3 is 0 Å². The molecule has 4 bridgehead atoms. The fourth-order valence-corrected chi connectivity index (χ4v) is 5.46. The minimum absolute atomic E-state index is 0.291. The van der Waals surface area contributed by atoms with E-state index in [2.05, 4.69) is 27.2 Å². The van der Waals surface area contributed by atoms with E-state index in [4.69, 9.17) is 5.73 Å². The van der Waals surface area contributed by atoms with Crippen LogP contribution in [0.25, 0.3) is 0 Å². The van der Waals surface area contributed by atoms with Crippen molar-refractivity contribution in [1.82, 2.24) is 15.0 Å². The summed E-state index contributed by atoms with van der Waals surface area (Å²) in [5, 5.41) is 3.47. The zero-order chi connectivity index (χ0) is 13.7. The molecule has 0 spiro atoms. The smallest absolute Gasteiger partial charge is 0.227 e. The van der Waals surface area contributed by atoms with Crippen molar-refractivity contribution in [2.75, 3.05) is 11.1 Å². The topological polar surface area (TPSA) is 76.7 Å². The summed E-state index contributed by atoms with van der Waals surface area (Å²) in [7, 11) is 0. The van der Waals surface area contributed by atoms with Crippen LogP contribution in [0.3, 0.4) is 0 Å². The Bertz CT molecular complexity index is 475. The van der Waals surface area contributed by atoms with Crippen LogP contribution in [0.2, 0.25) is 0 Å². The summed E-state index contributed by atoms with van der Waals surface area (Å²) in [6.07, 6.45) is 8.78. The number of nitrogens with zero attached hydrogens (tertiary/aromatic N) is 3. The van der Waals surface area contributed by atoms with Gasteiger partial charge in [0.1, 0.15) is 6.33 Å². The third-order valence-corrected chi connectivity index (χ3v) is 5.82. The fraction of sp³-hybridized carbons (Fsp3) is 0.800. The molecule has 0 amide bonds.